The second-order valence-corrected chi connectivity index (χ2v) is 4.58. The van der Waals surface area contributed by atoms with Crippen LogP contribution in [0.3, 0.4) is 0 Å². The first-order valence-electron chi connectivity index (χ1n) is 4.05. The maximum Gasteiger partial charge on any atom is 1.00 e. The fourth-order valence-corrected chi connectivity index (χ4v) is 0.0319. The van der Waals surface area contributed by atoms with Crippen molar-refractivity contribution in [1.29, 1.82) is 0 Å². The van der Waals surface area contributed by atoms with E-state index in [1.54, 1.807) is 0 Å². The van der Waals surface area contributed by atoms with E-state index in [0.29, 0.717) is 0 Å². The molecule has 8 N–H and O–H groups in total. The van der Waals surface area contributed by atoms with Crippen molar-refractivity contribution >= 4 is 39.5 Å². The van der Waals surface area contributed by atoms with Gasteiger partial charge in [0, 0.05) is 0 Å². The van der Waals surface area contributed by atoms with E-state index in [0.717, 1.165) is 0 Å². The summed E-state index contributed by atoms with van der Waals surface area (Å²) in [6.45, 7) is 0. The Morgan fingerprint density at radius 2 is 0.800 bits per heavy atom. The summed E-state index contributed by atoms with van der Waals surface area (Å²) in [5.74, 6) is -7.30. The van der Waals surface area contributed by atoms with E-state index in [2.05, 4.69) is 9.46 Å². The summed E-state index contributed by atoms with van der Waals surface area (Å²) in [6, 6.07) is 0. The molecule has 16 nitrogen and oxygen atoms in total. The van der Waals surface area contributed by atoms with Crippen molar-refractivity contribution in [2.24, 2.45) is 0 Å². The Balaban J connectivity index is -0.0000000503. The van der Waals surface area contributed by atoms with Crippen LogP contribution >= 0.6 is 15.6 Å². The van der Waals surface area contributed by atoms with E-state index in [1.807, 2.05) is 0 Å². The molecule has 25 heavy (non-hydrogen) atoms. The summed E-state index contributed by atoms with van der Waals surface area (Å²) in [5.41, 5.74) is 0. The molecule has 146 valence electrons. The van der Waals surface area contributed by atoms with Crippen molar-refractivity contribution < 1.29 is 118 Å². The van der Waals surface area contributed by atoms with E-state index in [9.17, 15) is 13.6 Å². The standard InChI is InChI=1S/2C2H2O4.F2HO4P.Na.H3O4P.H/c2*3-1(4)2(5)6;1-5-7(3,4)6-2;;1-5(2,3)4;/h2*(H,3,4)(H,5,6);(H,3,4);;(H3,1,2,3,4);/q;;;+1;;-1. The van der Waals surface area contributed by atoms with Crippen LogP contribution in [0.15, 0.2) is 0 Å². The van der Waals surface area contributed by atoms with Crippen LogP contribution in [-0.4, -0.2) is 63.9 Å². The molecule has 0 aliphatic rings. The number of phosphoric acid groups is 2. The minimum Gasteiger partial charge on any atom is -1.00 e. The molecular formula is C4H9F2NaO16P2. The van der Waals surface area contributed by atoms with Crippen LogP contribution in [0.2, 0.25) is 0 Å². The van der Waals surface area contributed by atoms with Gasteiger partial charge in [-0.15, -0.1) is 0 Å². The third kappa shape index (κ3) is 60.1. The molecule has 0 aliphatic carbocycles. The van der Waals surface area contributed by atoms with Gasteiger partial charge in [-0.2, -0.15) is 0 Å². The first kappa shape index (κ1) is 35.1. The number of hydrogen-bond acceptors (Lipinski definition) is 8. The van der Waals surface area contributed by atoms with Crippen LogP contribution in [0.5, 0.6) is 0 Å². The number of carboxylic acid groups (broad SMARTS) is 4. The molecular weight excluding hydrogens is 427 g/mol. The van der Waals surface area contributed by atoms with Gasteiger partial charge in [0.1, 0.15) is 0 Å². The van der Waals surface area contributed by atoms with Gasteiger partial charge >= 0.3 is 69.1 Å². The van der Waals surface area contributed by atoms with Crippen molar-refractivity contribution in [3.63, 3.8) is 0 Å². The van der Waals surface area contributed by atoms with Crippen molar-refractivity contribution in [3.05, 3.63) is 0 Å². The smallest absolute Gasteiger partial charge is 1.00 e. The van der Waals surface area contributed by atoms with Crippen molar-refractivity contribution in [2.75, 3.05) is 0 Å². The molecule has 0 aromatic heterocycles. The Bertz CT molecular complexity index is 456. The molecule has 0 aromatic carbocycles. The Kier molecular flexibility index (Phi) is 25.0. The van der Waals surface area contributed by atoms with Crippen molar-refractivity contribution in [3.8, 4) is 0 Å². The van der Waals surface area contributed by atoms with Crippen LogP contribution < -0.4 is 29.6 Å². The summed E-state index contributed by atoms with van der Waals surface area (Å²) in [6.07, 6.45) is 0. The molecule has 0 atom stereocenters. The Hall–Kier alpha value is -1.04. The zero-order valence-electron chi connectivity index (χ0n) is 12.5. The maximum absolute atomic E-state index is 10.4. The van der Waals surface area contributed by atoms with Crippen LogP contribution in [-0.2, 0) is 37.8 Å². The predicted molar refractivity (Wildman–Crippen MR) is 60.1 cm³/mol. The van der Waals surface area contributed by atoms with E-state index >= 15 is 0 Å². The number of aliphatic carboxylic acids is 4. The predicted octanol–water partition coefficient (Wildman–Crippen LogP) is -4.61. The molecule has 0 aliphatic heterocycles. The van der Waals surface area contributed by atoms with Gasteiger partial charge < -0.3 is 36.5 Å². The second kappa shape index (κ2) is 17.8. The molecule has 0 saturated heterocycles. The van der Waals surface area contributed by atoms with Gasteiger partial charge in [-0.05, 0) is 9.05 Å². The van der Waals surface area contributed by atoms with Crippen molar-refractivity contribution in [2.45, 2.75) is 0 Å². The number of halogens is 2. The maximum atomic E-state index is 10.4. The normalized spacial score (nSPS) is 9.20. The Labute approximate surface area is 157 Å². The van der Waals surface area contributed by atoms with Crippen LogP contribution in [0, 0.1) is 0 Å². The zero-order valence-corrected chi connectivity index (χ0v) is 15.3. The van der Waals surface area contributed by atoms with Gasteiger partial charge in [-0.25, -0.2) is 28.3 Å². The molecule has 0 bridgehead atoms. The fourth-order valence-electron chi connectivity index (χ4n) is 0.0106. The molecule has 0 fully saturated rings. The topological polar surface area (TPSA) is 283 Å². The molecule has 0 heterocycles. The second-order valence-electron chi connectivity index (χ2n) is 2.34. The average molecular weight is 436 g/mol. The Morgan fingerprint density at radius 3 is 0.800 bits per heavy atom. The molecule has 0 amide bonds. The number of hydrogen-bond donors (Lipinski definition) is 8. The third-order valence-corrected chi connectivity index (χ3v) is 0.889. The minimum absolute atomic E-state index is 0. The average Bonchev–Trinajstić information content (AvgIpc) is 2.38. The van der Waals surface area contributed by atoms with E-state index < -0.39 is 39.5 Å². The first-order valence-corrected chi connectivity index (χ1v) is 7.11. The van der Waals surface area contributed by atoms with Gasteiger partial charge in [0.15, 0.2) is 0 Å². The molecule has 0 rings (SSSR count). The summed E-state index contributed by atoms with van der Waals surface area (Å²) in [4.78, 5) is 65.5. The quantitative estimate of drug-likeness (QED) is 0.115. The molecule has 0 spiro atoms. The van der Waals surface area contributed by atoms with Gasteiger partial charge in [0.2, 0.25) is 0 Å². The zero-order chi connectivity index (χ0) is 20.7. The molecule has 21 heteroatoms. The van der Waals surface area contributed by atoms with Gasteiger partial charge in [0.05, 0.1) is 0 Å². The fraction of sp³-hybridized carbons (Fsp3) is 0. The summed E-state index contributed by atoms with van der Waals surface area (Å²) >= 11 is 0. The Morgan fingerprint density at radius 1 is 0.680 bits per heavy atom. The third-order valence-electron chi connectivity index (χ3n) is 0.540. The summed E-state index contributed by atoms with van der Waals surface area (Å²) in [5, 5.41) is 29.6. The monoisotopic (exact) mass is 436 g/mol. The number of carbonyl (C=O) groups is 4. The molecule has 0 saturated carbocycles. The van der Waals surface area contributed by atoms with Crippen molar-refractivity contribution in [1.82, 2.24) is 0 Å². The molecule has 0 radical (unpaired) electrons. The number of rotatable bonds is 2. The van der Waals surface area contributed by atoms with Gasteiger partial charge in [-0.3, -0.25) is 4.89 Å². The van der Waals surface area contributed by atoms with Gasteiger partial charge in [0.25, 0.3) is 0 Å². The first-order chi connectivity index (χ1) is 10.4. The van der Waals surface area contributed by atoms with E-state index in [-0.39, 0.29) is 31.0 Å². The van der Waals surface area contributed by atoms with E-state index in [1.165, 1.54) is 0 Å². The van der Waals surface area contributed by atoms with Crippen LogP contribution in [0.1, 0.15) is 1.43 Å². The van der Waals surface area contributed by atoms with Gasteiger partial charge in [-0.1, -0.05) is 9.46 Å². The van der Waals surface area contributed by atoms with Crippen LogP contribution in [0.25, 0.3) is 0 Å². The largest absolute Gasteiger partial charge is 1.00 e. The summed E-state index contributed by atoms with van der Waals surface area (Å²) in [7, 11) is -9.63. The summed E-state index contributed by atoms with van der Waals surface area (Å²) < 4.78 is 43.2. The number of carboxylic acids is 4. The molecule has 0 aromatic rings. The molecule has 0 unspecified atom stereocenters. The van der Waals surface area contributed by atoms with Crippen LogP contribution in [0.4, 0.5) is 9.05 Å². The van der Waals surface area contributed by atoms with E-state index in [4.69, 9.17) is 63.7 Å². The SMILES string of the molecule is O=C(O)C(=O)O.O=C(O)C(=O)O.O=P(O)(O)O.O=P(O)(OF)OF.[H-].[Na+]. The minimum atomic E-state index is -4.99.